The first kappa shape index (κ1) is 19.0. The van der Waals surface area contributed by atoms with Crippen molar-refractivity contribution in [1.82, 2.24) is 0 Å². The van der Waals surface area contributed by atoms with Gasteiger partial charge in [0.2, 0.25) is 0 Å². The van der Waals surface area contributed by atoms with Crippen molar-refractivity contribution in [3.05, 3.63) is 78.4 Å². The van der Waals surface area contributed by atoms with Gasteiger partial charge in [0, 0.05) is 16.8 Å². The summed E-state index contributed by atoms with van der Waals surface area (Å²) in [5, 5.41) is 21.3. The number of para-hydroxylation sites is 1. The number of anilines is 1. The number of aliphatic hydroxyl groups is 1. The lowest BCUT2D eigenvalue weighted by Gasteiger charge is -2.34. The second-order valence-corrected chi connectivity index (χ2v) is 7.56. The number of likely N-dealkylation sites (N-methyl/N-ethyl adjacent to an activating group) is 1. The number of nitrogens with one attached hydrogen (secondary N) is 1. The molecule has 1 aliphatic rings. The number of fused-ring (bicyclic) bond motifs is 2. The fourth-order valence-electron chi connectivity index (χ4n) is 3.52. The normalized spacial score (nSPS) is 13.3. The van der Waals surface area contributed by atoms with Crippen LogP contribution in [0.1, 0.15) is 11.6 Å². The van der Waals surface area contributed by atoms with E-state index >= 15 is 0 Å². The highest BCUT2D eigenvalue weighted by molar-refractivity contribution is 5.84. The monoisotopic (exact) mass is 387 g/mol. The van der Waals surface area contributed by atoms with Gasteiger partial charge in [0.15, 0.2) is 0 Å². The highest BCUT2D eigenvalue weighted by Gasteiger charge is 2.37. The fourth-order valence-corrected chi connectivity index (χ4v) is 3.52. The number of quaternary nitrogens is 1. The van der Waals surface area contributed by atoms with Gasteiger partial charge in [-0.3, -0.25) is 5.32 Å². The fraction of sp³-hybridized carbons (Fsp3) is 0.174. The maximum Gasteiger partial charge on any atom is 0.421 e. The van der Waals surface area contributed by atoms with E-state index in [1.807, 2.05) is 72.8 Å². The van der Waals surface area contributed by atoms with Crippen molar-refractivity contribution in [3.8, 4) is 11.1 Å². The van der Waals surface area contributed by atoms with Crippen molar-refractivity contribution in [3.63, 3.8) is 0 Å². The summed E-state index contributed by atoms with van der Waals surface area (Å²) in [6.45, 7) is -0.150. The number of azo groups is 1. The van der Waals surface area contributed by atoms with Gasteiger partial charge in [-0.2, -0.15) is 5.11 Å². The van der Waals surface area contributed by atoms with E-state index in [1.165, 1.54) is 0 Å². The summed E-state index contributed by atoms with van der Waals surface area (Å²) in [5.41, 5.74) is 5.37. The Morgan fingerprint density at radius 3 is 2.41 bits per heavy atom. The summed E-state index contributed by atoms with van der Waals surface area (Å²) in [4.78, 5) is 12.9. The number of hydrogen-bond donors (Lipinski definition) is 2. The van der Waals surface area contributed by atoms with E-state index in [-0.39, 0.29) is 17.1 Å². The molecule has 1 heterocycles. The molecule has 2 bridgehead atoms. The van der Waals surface area contributed by atoms with Crippen molar-refractivity contribution >= 4 is 23.1 Å². The minimum Gasteiger partial charge on any atom is -0.390 e. The third-order valence-electron chi connectivity index (χ3n) is 5.36. The van der Waals surface area contributed by atoms with Crippen LogP contribution in [0.4, 0.5) is 21.9 Å². The Kier molecular flexibility index (Phi) is 4.96. The minimum atomic E-state index is -0.398. The third-order valence-corrected chi connectivity index (χ3v) is 5.36. The summed E-state index contributed by atoms with van der Waals surface area (Å²) in [6.07, 6.45) is 0. The first-order chi connectivity index (χ1) is 14.0. The molecule has 1 aliphatic heterocycles. The van der Waals surface area contributed by atoms with Crippen LogP contribution in [0.3, 0.4) is 0 Å². The molecular weight excluding hydrogens is 364 g/mol. The Bertz CT molecular complexity index is 1060. The van der Waals surface area contributed by atoms with Crippen LogP contribution >= 0.6 is 0 Å². The van der Waals surface area contributed by atoms with Gasteiger partial charge in [0.25, 0.3) is 0 Å². The lowest BCUT2D eigenvalue weighted by molar-refractivity contribution is -0.841. The number of carbonyl (C=O) groups is 1. The largest absolute Gasteiger partial charge is 0.421 e. The van der Waals surface area contributed by atoms with Crippen molar-refractivity contribution in [2.24, 2.45) is 10.2 Å². The molecule has 0 aromatic heterocycles. The molecule has 1 unspecified atom stereocenters. The predicted octanol–water partition coefficient (Wildman–Crippen LogP) is 5.42. The van der Waals surface area contributed by atoms with Gasteiger partial charge >= 0.3 is 6.03 Å². The number of hydrogen-bond acceptors (Lipinski definition) is 4. The Morgan fingerprint density at radius 2 is 1.72 bits per heavy atom. The molecule has 0 aliphatic carbocycles. The van der Waals surface area contributed by atoms with Crippen molar-refractivity contribution in [2.45, 2.75) is 6.04 Å². The van der Waals surface area contributed by atoms with Gasteiger partial charge in [-0.1, -0.05) is 42.5 Å². The molecule has 3 aromatic rings. The Hall–Kier alpha value is -3.35. The second-order valence-electron chi connectivity index (χ2n) is 7.56. The summed E-state index contributed by atoms with van der Waals surface area (Å²) >= 11 is 0. The standard InChI is InChI=1S/C23H22N4O2/c1-27(2,23(29)24-18-6-4-3-5-7-18)22(15-28)17-10-8-16(9-11-17)20-13-12-19-14-21(20)26-25-19/h3-14,22,28H,15H2,1-2H3/p+1. The number of amides is 2. The second kappa shape index (κ2) is 7.58. The van der Waals surface area contributed by atoms with E-state index in [1.54, 1.807) is 14.1 Å². The first-order valence-corrected chi connectivity index (χ1v) is 9.46. The Labute approximate surface area is 169 Å². The smallest absolute Gasteiger partial charge is 0.390 e. The van der Waals surface area contributed by atoms with Crippen LogP contribution in [-0.4, -0.2) is 36.3 Å². The van der Waals surface area contributed by atoms with Gasteiger partial charge in [0.05, 0.1) is 25.5 Å². The van der Waals surface area contributed by atoms with Crippen LogP contribution in [0.25, 0.3) is 11.1 Å². The number of rotatable bonds is 5. The first-order valence-electron chi connectivity index (χ1n) is 9.46. The zero-order valence-electron chi connectivity index (χ0n) is 16.4. The topological polar surface area (TPSA) is 74.0 Å². The summed E-state index contributed by atoms with van der Waals surface area (Å²) in [5.74, 6) is 0. The highest BCUT2D eigenvalue weighted by Crippen LogP contribution is 2.39. The van der Waals surface area contributed by atoms with Gasteiger partial charge in [-0.25, -0.2) is 9.28 Å². The molecule has 0 fully saturated rings. The Morgan fingerprint density at radius 1 is 1.00 bits per heavy atom. The summed E-state index contributed by atoms with van der Waals surface area (Å²) in [7, 11) is 3.60. The number of nitrogens with zero attached hydrogens (tertiary/aromatic N) is 3. The molecule has 0 saturated carbocycles. The SMILES string of the molecule is C[N+](C)(C(=O)Nc1ccccc1)C(CO)c1ccc(-c2ccc3cc2N=N3)cc1. The van der Waals surface area contributed by atoms with E-state index in [4.69, 9.17) is 0 Å². The zero-order valence-corrected chi connectivity index (χ0v) is 16.4. The molecule has 0 saturated heterocycles. The predicted molar refractivity (Wildman–Crippen MR) is 113 cm³/mol. The van der Waals surface area contributed by atoms with Gasteiger partial charge < -0.3 is 5.11 Å². The zero-order chi connectivity index (χ0) is 20.4. The maximum atomic E-state index is 12.9. The molecule has 6 nitrogen and oxygen atoms in total. The molecule has 29 heavy (non-hydrogen) atoms. The highest BCUT2D eigenvalue weighted by atomic mass is 16.3. The molecule has 0 spiro atoms. The number of carbonyl (C=O) groups excluding carboxylic acids is 1. The molecule has 3 aromatic carbocycles. The Balaban J connectivity index is 1.57. The van der Waals surface area contributed by atoms with Crippen LogP contribution in [0.15, 0.2) is 83.0 Å². The van der Waals surface area contributed by atoms with Crippen LogP contribution in [0.5, 0.6) is 0 Å². The molecule has 6 heteroatoms. The van der Waals surface area contributed by atoms with Gasteiger partial charge in [-0.15, -0.1) is 5.11 Å². The van der Waals surface area contributed by atoms with E-state index in [0.29, 0.717) is 0 Å². The summed E-state index contributed by atoms with van der Waals surface area (Å²) in [6, 6.07) is 22.5. The average molecular weight is 387 g/mol. The van der Waals surface area contributed by atoms with Gasteiger partial charge in [-0.05, 0) is 35.9 Å². The van der Waals surface area contributed by atoms with E-state index < -0.39 is 6.04 Å². The number of urea groups is 1. The van der Waals surface area contributed by atoms with Gasteiger partial charge in [0.1, 0.15) is 12.6 Å². The molecular formula is C23H23N4O2+. The molecule has 4 rings (SSSR count). The molecule has 2 amide bonds. The van der Waals surface area contributed by atoms with Crippen LogP contribution < -0.4 is 5.32 Å². The molecule has 0 radical (unpaired) electrons. The van der Waals surface area contributed by atoms with E-state index in [2.05, 4.69) is 15.5 Å². The van der Waals surface area contributed by atoms with Crippen molar-refractivity contribution < 1.29 is 14.4 Å². The molecule has 146 valence electrons. The third kappa shape index (κ3) is 3.68. The lowest BCUT2D eigenvalue weighted by atomic mass is 9.98. The average Bonchev–Trinajstić information content (AvgIpc) is 3.10. The van der Waals surface area contributed by atoms with Crippen LogP contribution in [0, 0.1) is 0 Å². The van der Waals surface area contributed by atoms with Crippen molar-refractivity contribution in [1.29, 1.82) is 0 Å². The van der Waals surface area contributed by atoms with E-state index in [9.17, 15) is 9.90 Å². The maximum absolute atomic E-state index is 12.9. The lowest BCUT2D eigenvalue weighted by Crippen LogP contribution is -2.51. The molecule has 1 atom stereocenters. The van der Waals surface area contributed by atoms with Crippen LogP contribution in [0.2, 0.25) is 0 Å². The number of aliphatic hydroxyl groups excluding tert-OH is 1. The van der Waals surface area contributed by atoms with E-state index in [0.717, 1.165) is 33.8 Å². The minimum absolute atomic E-state index is 0.0289. The molecule has 2 N–H and O–H groups in total. The number of benzene rings is 3. The van der Waals surface area contributed by atoms with Crippen molar-refractivity contribution in [2.75, 3.05) is 26.0 Å². The van der Waals surface area contributed by atoms with Crippen LogP contribution in [-0.2, 0) is 0 Å². The summed E-state index contributed by atoms with van der Waals surface area (Å²) < 4.78 is -0.0289. The quantitative estimate of drug-likeness (QED) is 0.449.